The zero-order valence-corrected chi connectivity index (χ0v) is 23.7. The van der Waals surface area contributed by atoms with Gasteiger partial charge in [-0.2, -0.15) is 0 Å². The fraction of sp³-hybridized carbons (Fsp3) is 0.571. The highest BCUT2D eigenvalue weighted by Crippen LogP contribution is 2.29. The van der Waals surface area contributed by atoms with Crippen molar-refractivity contribution in [2.45, 2.75) is 78.9 Å². The lowest BCUT2D eigenvalue weighted by Gasteiger charge is -2.40. The Morgan fingerprint density at radius 3 is 1.84 bits per heavy atom. The Morgan fingerprint density at radius 2 is 1.46 bits per heavy atom. The quantitative estimate of drug-likeness (QED) is 0.331. The third-order valence-electron chi connectivity index (χ3n) is 6.78. The molecule has 0 saturated carbocycles. The minimum absolute atomic E-state index is 0.0580. The number of carboxylic acid groups (broad SMARTS) is 2. The van der Waals surface area contributed by atoms with E-state index in [2.05, 4.69) is 10.6 Å². The molecule has 37 heavy (non-hydrogen) atoms. The number of carbonyl (C=O) groups excluding carboxylic acids is 2. The summed E-state index contributed by atoms with van der Waals surface area (Å²) in [6.45, 7) is 14.6. The van der Waals surface area contributed by atoms with Crippen molar-refractivity contribution in [2.75, 3.05) is 14.1 Å². The van der Waals surface area contributed by atoms with E-state index in [9.17, 15) is 29.4 Å². The molecule has 0 aromatic heterocycles. The molecule has 9 heteroatoms. The molecule has 0 saturated heterocycles. The second-order valence-electron chi connectivity index (χ2n) is 11.5. The summed E-state index contributed by atoms with van der Waals surface area (Å²) in [6, 6.07) is 4.27. The van der Waals surface area contributed by atoms with Crippen LogP contribution in [-0.2, 0) is 19.8 Å². The normalized spacial score (nSPS) is 15.1. The van der Waals surface area contributed by atoms with Gasteiger partial charge in [-0.05, 0) is 43.0 Å². The van der Waals surface area contributed by atoms with Crippen LogP contribution in [0.1, 0.15) is 71.3 Å². The summed E-state index contributed by atoms with van der Waals surface area (Å²) in [5.74, 6) is -2.85. The smallest absolute Gasteiger partial charge is 0.335 e. The van der Waals surface area contributed by atoms with E-state index in [1.165, 1.54) is 24.0 Å². The van der Waals surface area contributed by atoms with Gasteiger partial charge in [0.15, 0.2) is 0 Å². The van der Waals surface area contributed by atoms with Crippen LogP contribution >= 0.6 is 0 Å². The molecule has 0 bridgehead atoms. The van der Waals surface area contributed by atoms with Crippen LogP contribution in [0.15, 0.2) is 35.9 Å². The molecule has 3 atom stereocenters. The Morgan fingerprint density at radius 1 is 0.946 bits per heavy atom. The lowest BCUT2D eigenvalue weighted by molar-refractivity contribution is -0.141. The van der Waals surface area contributed by atoms with Gasteiger partial charge in [-0.1, -0.05) is 66.7 Å². The van der Waals surface area contributed by atoms with Crippen LogP contribution in [0.25, 0.3) is 0 Å². The number of nitrogens with zero attached hydrogens (tertiary/aromatic N) is 1. The van der Waals surface area contributed by atoms with Crippen molar-refractivity contribution in [2.24, 2.45) is 11.3 Å². The average Bonchev–Trinajstić information content (AvgIpc) is 2.79. The number of carbonyl (C=O) groups is 4. The number of carboxylic acids is 2. The maximum absolute atomic E-state index is 13.7. The van der Waals surface area contributed by atoms with E-state index in [4.69, 9.17) is 0 Å². The SMILES string of the molecule is CN[C@H](C(=O)N[C@H](C(=O)N(C)[C@H](/C=C(\C)C(=O)O)C(C)C)C(C)(C)C)C(C)(C)c1ccc(C(=O)O)cc1. The Kier molecular flexibility index (Phi) is 10.6. The molecule has 206 valence electrons. The average molecular weight is 518 g/mol. The molecule has 2 amide bonds. The molecule has 9 nitrogen and oxygen atoms in total. The Balaban J connectivity index is 3.32. The van der Waals surface area contributed by atoms with Gasteiger partial charge in [0, 0.05) is 18.0 Å². The first-order valence-corrected chi connectivity index (χ1v) is 12.4. The maximum atomic E-state index is 13.7. The number of benzene rings is 1. The fourth-order valence-corrected chi connectivity index (χ4v) is 4.33. The molecule has 0 radical (unpaired) electrons. The number of rotatable bonds is 11. The van der Waals surface area contributed by atoms with Crippen molar-refractivity contribution in [3.8, 4) is 0 Å². The first-order chi connectivity index (χ1) is 16.9. The minimum Gasteiger partial charge on any atom is -0.478 e. The number of hydrogen-bond acceptors (Lipinski definition) is 5. The van der Waals surface area contributed by atoms with Crippen molar-refractivity contribution in [3.05, 3.63) is 47.0 Å². The van der Waals surface area contributed by atoms with E-state index in [1.54, 1.807) is 32.3 Å². The summed E-state index contributed by atoms with van der Waals surface area (Å²) >= 11 is 0. The van der Waals surface area contributed by atoms with Crippen LogP contribution in [0.5, 0.6) is 0 Å². The van der Waals surface area contributed by atoms with Crippen LogP contribution in [0.2, 0.25) is 0 Å². The standard InChI is InChI=1S/C28H43N3O6/c1-16(2)20(15-17(3)25(34)35)31(10)24(33)22(27(4,5)6)30-23(32)21(29-9)28(7,8)19-13-11-18(12-14-19)26(36)37/h11-16,20-22,29H,1-10H3,(H,30,32)(H,34,35)(H,36,37)/b17-15+/t20-,21-,22-/m1/s1. The molecule has 0 aliphatic heterocycles. The summed E-state index contributed by atoms with van der Waals surface area (Å²) in [7, 11) is 3.28. The summed E-state index contributed by atoms with van der Waals surface area (Å²) < 4.78 is 0. The molecule has 0 aliphatic carbocycles. The highest BCUT2D eigenvalue weighted by Gasteiger charge is 2.41. The molecule has 0 fully saturated rings. The van der Waals surface area contributed by atoms with Gasteiger partial charge in [0.05, 0.1) is 17.6 Å². The number of hydrogen-bond donors (Lipinski definition) is 4. The van der Waals surface area contributed by atoms with Crippen LogP contribution in [-0.4, -0.2) is 71.1 Å². The summed E-state index contributed by atoms with van der Waals surface area (Å²) in [4.78, 5) is 51.4. The van der Waals surface area contributed by atoms with Crippen molar-refractivity contribution < 1.29 is 29.4 Å². The zero-order valence-electron chi connectivity index (χ0n) is 23.7. The van der Waals surface area contributed by atoms with Crippen molar-refractivity contribution >= 4 is 23.8 Å². The van der Waals surface area contributed by atoms with Gasteiger partial charge in [-0.15, -0.1) is 0 Å². The van der Waals surface area contributed by atoms with Gasteiger partial charge in [0.1, 0.15) is 6.04 Å². The molecule has 0 heterocycles. The molecular weight excluding hydrogens is 474 g/mol. The first-order valence-electron chi connectivity index (χ1n) is 12.4. The second-order valence-corrected chi connectivity index (χ2v) is 11.5. The Labute approximate surface area is 220 Å². The van der Waals surface area contributed by atoms with Gasteiger partial charge in [-0.25, -0.2) is 9.59 Å². The summed E-state index contributed by atoms with van der Waals surface area (Å²) in [5.41, 5.74) is -0.329. The third-order valence-corrected chi connectivity index (χ3v) is 6.78. The molecule has 0 spiro atoms. The summed E-state index contributed by atoms with van der Waals surface area (Å²) in [6.07, 6.45) is 1.56. The van der Waals surface area contributed by atoms with E-state index in [0.717, 1.165) is 5.56 Å². The van der Waals surface area contributed by atoms with Crippen LogP contribution in [0.4, 0.5) is 0 Å². The Bertz CT molecular complexity index is 1020. The fourth-order valence-electron chi connectivity index (χ4n) is 4.33. The predicted octanol–water partition coefficient (Wildman–Crippen LogP) is 3.30. The largest absolute Gasteiger partial charge is 0.478 e. The maximum Gasteiger partial charge on any atom is 0.335 e. The van der Waals surface area contributed by atoms with Crippen molar-refractivity contribution in [1.29, 1.82) is 0 Å². The van der Waals surface area contributed by atoms with Crippen molar-refractivity contribution in [1.82, 2.24) is 15.5 Å². The van der Waals surface area contributed by atoms with E-state index in [-0.39, 0.29) is 28.9 Å². The highest BCUT2D eigenvalue weighted by atomic mass is 16.4. The third kappa shape index (κ3) is 7.89. The van der Waals surface area contributed by atoms with E-state index in [0.29, 0.717) is 0 Å². The van der Waals surface area contributed by atoms with Gasteiger partial charge in [-0.3, -0.25) is 9.59 Å². The first kappa shape index (κ1) is 31.8. The summed E-state index contributed by atoms with van der Waals surface area (Å²) in [5, 5.41) is 24.5. The molecule has 1 rings (SSSR count). The number of aromatic carboxylic acids is 1. The topological polar surface area (TPSA) is 136 Å². The highest BCUT2D eigenvalue weighted by molar-refractivity contribution is 5.92. The number of likely N-dealkylation sites (N-methyl/N-ethyl adjacent to an activating group) is 2. The van der Waals surface area contributed by atoms with Gasteiger partial charge >= 0.3 is 11.9 Å². The molecule has 0 unspecified atom stereocenters. The molecule has 0 aliphatic rings. The van der Waals surface area contributed by atoms with Gasteiger partial charge in [0.25, 0.3) is 0 Å². The number of amides is 2. The Hall–Kier alpha value is -3.20. The van der Waals surface area contributed by atoms with E-state index < -0.39 is 40.9 Å². The predicted molar refractivity (Wildman–Crippen MR) is 143 cm³/mol. The number of nitrogens with one attached hydrogen (secondary N) is 2. The van der Waals surface area contributed by atoms with E-state index in [1.807, 2.05) is 48.5 Å². The van der Waals surface area contributed by atoms with Crippen LogP contribution in [0.3, 0.4) is 0 Å². The lowest BCUT2D eigenvalue weighted by Crippen LogP contribution is -2.61. The minimum atomic E-state index is -1.05. The molecular formula is C28H43N3O6. The lowest BCUT2D eigenvalue weighted by atomic mass is 9.76. The van der Waals surface area contributed by atoms with Crippen molar-refractivity contribution in [3.63, 3.8) is 0 Å². The monoisotopic (exact) mass is 517 g/mol. The molecule has 1 aromatic carbocycles. The zero-order chi connectivity index (χ0) is 28.9. The molecule has 4 N–H and O–H groups in total. The number of aliphatic carboxylic acids is 1. The van der Waals surface area contributed by atoms with Crippen LogP contribution < -0.4 is 10.6 Å². The second kappa shape index (κ2) is 12.4. The van der Waals surface area contributed by atoms with Crippen LogP contribution in [0, 0.1) is 11.3 Å². The van der Waals surface area contributed by atoms with Gasteiger partial charge < -0.3 is 25.7 Å². The van der Waals surface area contributed by atoms with E-state index >= 15 is 0 Å². The molecule has 1 aromatic rings. The van der Waals surface area contributed by atoms with Gasteiger partial charge in [0.2, 0.25) is 11.8 Å².